The largest absolute Gasteiger partial charge is 0.434 e. The Morgan fingerprint density at radius 2 is 1.87 bits per heavy atom. The zero-order valence-corrected chi connectivity index (χ0v) is 17.5. The van der Waals surface area contributed by atoms with Gasteiger partial charge in [-0.1, -0.05) is 29.8 Å². The summed E-state index contributed by atoms with van der Waals surface area (Å²) in [7, 11) is 0. The Morgan fingerprint density at radius 1 is 1.13 bits per heavy atom. The number of hydrogen-bond donors (Lipinski definition) is 3. The van der Waals surface area contributed by atoms with Crippen LogP contribution in [0.4, 0.5) is 14.5 Å². The number of guanidine groups is 1. The summed E-state index contributed by atoms with van der Waals surface area (Å²) in [5, 5.41) is 9.12. The lowest BCUT2D eigenvalue weighted by Crippen LogP contribution is -2.38. The molecule has 0 aromatic heterocycles. The van der Waals surface area contributed by atoms with Gasteiger partial charge in [-0.15, -0.1) is 0 Å². The molecule has 3 N–H and O–H groups in total. The molecule has 0 atom stereocenters. The van der Waals surface area contributed by atoms with Gasteiger partial charge in [-0.2, -0.15) is 8.78 Å². The van der Waals surface area contributed by atoms with E-state index >= 15 is 0 Å². The van der Waals surface area contributed by atoms with Crippen molar-refractivity contribution in [3.63, 3.8) is 0 Å². The van der Waals surface area contributed by atoms with Crippen molar-refractivity contribution in [2.75, 3.05) is 18.4 Å². The molecule has 0 fully saturated rings. The first-order valence-corrected chi connectivity index (χ1v) is 9.80. The Labute approximate surface area is 175 Å². The summed E-state index contributed by atoms with van der Waals surface area (Å²) >= 11 is 0. The van der Waals surface area contributed by atoms with E-state index in [0.29, 0.717) is 24.6 Å². The summed E-state index contributed by atoms with van der Waals surface area (Å²) in [6, 6.07) is 12.7. The molecule has 0 radical (unpaired) electrons. The predicted octanol–water partition coefficient (Wildman–Crippen LogP) is 3.85. The van der Waals surface area contributed by atoms with Crippen LogP contribution in [0.2, 0.25) is 0 Å². The minimum atomic E-state index is -2.88. The van der Waals surface area contributed by atoms with Crippen LogP contribution >= 0.6 is 0 Å². The number of halogens is 2. The molecule has 8 heteroatoms. The van der Waals surface area contributed by atoms with Gasteiger partial charge in [0.05, 0.1) is 6.54 Å². The average Bonchev–Trinajstić information content (AvgIpc) is 2.68. The molecule has 2 rings (SSSR count). The second-order valence-corrected chi connectivity index (χ2v) is 6.74. The fourth-order valence-corrected chi connectivity index (χ4v) is 2.83. The van der Waals surface area contributed by atoms with Crippen LogP contribution in [-0.4, -0.2) is 31.6 Å². The lowest BCUT2D eigenvalue weighted by atomic mass is 10.1. The molecule has 0 aliphatic rings. The van der Waals surface area contributed by atoms with Crippen LogP contribution < -0.4 is 20.7 Å². The maximum absolute atomic E-state index is 12.6. The highest BCUT2D eigenvalue weighted by Gasteiger charge is 2.10. The van der Waals surface area contributed by atoms with E-state index in [0.717, 1.165) is 23.2 Å². The van der Waals surface area contributed by atoms with Gasteiger partial charge in [0.15, 0.2) is 5.96 Å². The van der Waals surface area contributed by atoms with E-state index in [2.05, 4.69) is 25.7 Å². The number of aryl methyl sites for hydroxylation is 1. The smallest absolute Gasteiger partial charge is 0.387 e. The molecule has 0 heterocycles. The van der Waals surface area contributed by atoms with Gasteiger partial charge in [0.25, 0.3) is 0 Å². The molecule has 2 aromatic rings. The summed E-state index contributed by atoms with van der Waals surface area (Å²) in [6.07, 6.45) is 0.759. The number of nitrogens with zero attached hydrogens (tertiary/aromatic N) is 1. The van der Waals surface area contributed by atoms with Gasteiger partial charge in [0.1, 0.15) is 5.75 Å². The van der Waals surface area contributed by atoms with Crippen molar-refractivity contribution in [2.45, 2.75) is 40.3 Å². The van der Waals surface area contributed by atoms with E-state index < -0.39 is 6.61 Å². The first-order chi connectivity index (χ1) is 14.4. The van der Waals surface area contributed by atoms with Crippen LogP contribution in [0.15, 0.2) is 47.5 Å². The molecule has 0 spiro atoms. The molecule has 0 saturated carbocycles. The minimum Gasteiger partial charge on any atom is -0.434 e. The van der Waals surface area contributed by atoms with Crippen LogP contribution in [0, 0.1) is 6.92 Å². The van der Waals surface area contributed by atoms with E-state index in [9.17, 15) is 13.6 Å². The monoisotopic (exact) mass is 418 g/mol. The first-order valence-electron chi connectivity index (χ1n) is 9.80. The van der Waals surface area contributed by atoms with Gasteiger partial charge in [-0.25, -0.2) is 4.99 Å². The summed E-state index contributed by atoms with van der Waals surface area (Å²) in [5.74, 6) is 0.623. The molecule has 0 unspecified atom stereocenters. The normalized spacial score (nSPS) is 11.3. The maximum Gasteiger partial charge on any atom is 0.387 e. The summed E-state index contributed by atoms with van der Waals surface area (Å²) in [4.78, 5) is 15.6. The van der Waals surface area contributed by atoms with Gasteiger partial charge in [-0.05, 0) is 44.0 Å². The van der Waals surface area contributed by atoms with E-state index in [-0.39, 0.29) is 18.2 Å². The third-order valence-corrected chi connectivity index (χ3v) is 4.16. The van der Waals surface area contributed by atoms with Crippen LogP contribution in [0.3, 0.4) is 0 Å². The zero-order chi connectivity index (χ0) is 21.9. The third-order valence-electron chi connectivity index (χ3n) is 4.16. The van der Waals surface area contributed by atoms with Gasteiger partial charge >= 0.3 is 6.61 Å². The van der Waals surface area contributed by atoms with E-state index in [1.807, 2.05) is 38.1 Å². The molecule has 162 valence electrons. The van der Waals surface area contributed by atoms with Crippen LogP contribution in [0.1, 0.15) is 30.5 Å². The first kappa shape index (κ1) is 23.1. The number of hydrogen-bond acceptors (Lipinski definition) is 3. The number of amides is 1. The maximum atomic E-state index is 12.6. The number of carbonyl (C=O) groups is 1. The molecule has 30 heavy (non-hydrogen) atoms. The SMILES string of the molecule is CCNC(=NCc1cc(C)ccc1OC(F)F)NCCc1ccc(NC(C)=O)cc1. The number of rotatable bonds is 9. The van der Waals surface area contributed by atoms with Crippen LogP contribution in [-0.2, 0) is 17.8 Å². The molecular formula is C22H28F2N4O2. The lowest BCUT2D eigenvalue weighted by molar-refractivity contribution is -0.114. The second kappa shape index (κ2) is 11.7. The highest BCUT2D eigenvalue weighted by molar-refractivity contribution is 5.88. The molecule has 0 bridgehead atoms. The van der Waals surface area contributed by atoms with Crippen molar-refractivity contribution >= 4 is 17.6 Å². The number of ether oxygens (including phenoxy) is 1. The number of aliphatic imine (C=N–C) groups is 1. The van der Waals surface area contributed by atoms with Crippen molar-refractivity contribution in [2.24, 2.45) is 4.99 Å². The molecule has 0 aliphatic carbocycles. The fraction of sp³-hybridized carbons (Fsp3) is 0.364. The van der Waals surface area contributed by atoms with Crippen molar-refractivity contribution in [3.05, 3.63) is 59.2 Å². The Balaban J connectivity index is 1.96. The molecule has 1 amide bonds. The molecule has 0 aliphatic heterocycles. The quantitative estimate of drug-likeness (QED) is 0.427. The van der Waals surface area contributed by atoms with Crippen molar-refractivity contribution in [3.8, 4) is 5.75 Å². The molecule has 6 nitrogen and oxygen atoms in total. The highest BCUT2D eigenvalue weighted by atomic mass is 19.3. The fourth-order valence-electron chi connectivity index (χ4n) is 2.83. The molecule has 2 aromatic carbocycles. The van der Waals surface area contributed by atoms with Gasteiger partial charge in [-0.3, -0.25) is 4.79 Å². The Hall–Kier alpha value is -3.16. The second-order valence-electron chi connectivity index (χ2n) is 6.74. The predicted molar refractivity (Wildman–Crippen MR) is 115 cm³/mol. The number of anilines is 1. The Bertz CT molecular complexity index is 855. The van der Waals surface area contributed by atoms with Crippen molar-refractivity contribution in [1.82, 2.24) is 10.6 Å². The van der Waals surface area contributed by atoms with E-state index in [4.69, 9.17) is 0 Å². The summed E-state index contributed by atoms with van der Waals surface area (Å²) in [6.45, 7) is 3.96. The van der Waals surface area contributed by atoms with E-state index in [1.54, 1.807) is 12.1 Å². The van der Waals surface area contributed by atoms with Crippen molar-refractivity contribution in [1.29, 1.82) is 0 Å². The average molecular weight is 418 g/mol. The van der Waals surface area contributed by atoms with Crippen LogP contribution in [0.25, 0.3) is 0 Å². The summed E-state index contributed by atoms with van der Waals surface area (Å²) < 4.78 is 29.9. The topological polar surface area (TPSA) is 74.8 Å². The Kier molecular flexibility index (Phi) is 9.05. The lowest BCUT2D eigenvalue weighted by Gasteiger charge is -2.13. The number of benzene rings is 2. The highest BCUT2D eigenvalue weighted by Crippen LogP contribution is 2.22. The summed E-state index contributed by atoms with van der Waals surface area (Å²) in [5.41, 5.74) is 3.41. The number of alkyl halides is 2. The van der Waals surface area contributed by atoms with Gasteiger partial charge < -0.3 is 20.7 Å². The molecule has 0 saturated heterocycles. The van der Waals surface area contributed by atoms with Crippen LogP contribution in [0.5, 0.6) is 5.75 Å². The standard InChI is InChI=1S/C22H28F2N4O2/c1-4-25-22(26-12-11-17-6-8-19(9-7-17)28-16(3)29)27-14-18-13-15(2)5-10-20(18)30-21(23)24/h5-10,13,21H,4,11-12,14H2,1-3H3,(H,28,29)(H2,25,26,27). The third kappa shape index (κ3) is 8.06. The molecular weight excluding hydrogens is 390 g/mol. The van der Waals surface area contributed by atoms with Crippen molar-refractivity contribution < 1.29 is 18.3 Å². The minimum absolute atomic E-state index is 0.105. The number of carbonyl (C=O) groups excluding carboxylic acids is 1. The van der Waals surface area contributed by atoms with E-state index in [1.165, 1.54) is 13.0 Å². The van der Waals surface area contributed by atoms with Gasteiger partial charge in [0.2, 0.25) is 5.91 Å². The zero-order valence-electron chi connectivity index (χ0n) is 17.5. The Morgan fingerprint density at radius 3 is 2.50 bits per heavy atom. The number of nitrogens with one attached hydrogen (secondary N) is 3. The van der Waals surface area contributed by atoms with Gasteiger partial charge in [0, 0.05) is 31.3 Å².